The van der Waals surface area contributed by atoms with Crippen LogP contribution in [0.5, 0.6) is 0 Å². The monoisotopic (exact) mass is 354 g/mol. The van der Waals surface area contributed by atoms with E-state index < -0.39 is 0 Å². The Morgan fingerprint density at radius 3 is 2.50 bits per heavy atom. The molecule has 4 rings (SSSR count). The summed E-state index contributed by atoms with van der Waals surface area (Å²) >= 11 is 0. The van der Waals surface area contributed by atoms with Crippen LogP contribution in [0.3, 0.4) is 0 Å². The predicted octanol–water partition coefficient (Wildman–Crippen LogP) is 0.0409. The second kappa shape index (κ2) is 8.37. The van der Waals surface area contributed by atoms with Crippen LogP contribution in [0.1, 0.15) is 5.69 Å². The molecule has 2 fully saturated rings. The first-order valence-corrected chi connectivity index (χ1v) is 9.39. The zero-order valence-electron chi connectivity index (χ0n) is 15.1. The van der Waals surface area contributed by atoms with Gasteiger partial charge in [0.2, 0.25) is 5.95 Å². The molecule has 26 heavy (non-hydrogen) atoms. The van der Waals surface area contributed by atoms with Gasteiger partial charge in [-0.15, -0.1) is 0 Å². The van der Waals surface area contributed by atoms with E-state index in [2.05, 4.69) is 35.0 Å². The highest BCUT2D eigenvalue weighted by molar-refractivity contribution is 5.44. The summed E-state index contributed by atoms with van der Waals surface area (Å²) in [7, 11) is 0. The van der Waals surface area contributed by atoms with E-state index in [0.717, 1.165) is 82.8 Å². The molecule has 0 aliphatic carbocycles. The third kappa shape index (κ3) is 4.25. The molecule has 0 unspecified atom stereocenters. The predicted molar refractivity (Wildman–Crippen MR) is 102 cm³/mol. The molecule has 138 valence electrons. The van der Waals surface area contributed by atoms with E-state index in [0.29, 0.717) is 0 Å². The van der Waals surface area contributed by atoms with E-state index >= 15 is 0 Å². The summed E-state index contributed by atoms with van der Waals surface area (Å²) in [5.41, 5.74) is 1.06. The average molecular weight is 354 g/mol. The molecular formula is C18H26N8. The molecule has 2 saturated heterocycles. The molecule has 8 nitrogen and oxygen atoms in total. The van der Waals surface area contributed by atoms with Gasteiger partial charge in [-0.2, -0.15) is 4.98 Å². The number of rotatable bonds is 5. The highest BCUT2D eigenvalue weighted by atomic mass is 15.3. The van der Waals surface area contributed by atoms with Crippen molar-refractivity contribution >= 4 is 11.8 Å². The fraction of sp³-hybridized carbons (Fsp3) is 0.556. The molecule has 2 aliphatic rings. The van der Waals surface area contributed by atoms with Crippen LogP contribution < -0.4 is 15.1 Å². The molecule has 0 radical (unpaired) electrons. The minimum atomic E-state index is 0.856. The molecule has 2 aromatic rings. The van der Waals surface area contributed by atoms with E-state index in [-0.39, 0.29) is 0 Å². The Bertz CT molecular complexity index is 681. The number of nitrogens with one attached hydrogen (secondary N) is 1. The van der Waals surface area contributed by atoms with Gasteiger partial charge >= 0.3 is 0 Å². The van der Waals surface area contributed by atoms with Crippen molar-refractivity contribution in [2.24, 2.45) is 0 Å². The Hall–Kier alpha value is -2.32. The summed E-state index contributed by atoms with van der Waals surface area (Å²) in [4.78, 5) is 24.9. The first-order valence-electron chi connectivity index (χ1n) is 9.39. The second-order valence-corrected chi connectivity index (χ2v) is 6.73. The van der Waals surface area contributed by atoms with Crippen molar-refractivity contribution in [2.75, 3.05) is 68.7 Å². The SMILES string of the molecule is c1cnc(CCN2CCN(c3nccc(N4CCNCC4)n3)CC2)cn1. The van der Waals surface area contributed by atoms with Crippen molar-refractivity contribution in [2.45, 2.75) is 6.42 Å². The zero-order chi connectivity index (χ0) is 17.6. The third-order valence-corrected chi connectivity index (χ3v) is 5.03. The molecular weight excluding hydrogens is 328 g/mol. The molecule has 2 aliphatic heterocycles. The molecule has 0 aromatic carbocycles. The van der Waals surface area contributed by atoms with Crippen molar-refractivity contribution in [3.63, 3.8) is 0 Å². The van der Waals surface area contributed by atoms with Gasteiger partial charge in [-0.05, 0) is 6.07 Å². The van der Waals surface area contributed by atoms with Crippen molar-refractivity contribution in [3.8, 4) is 0 Å². The van der Waals surface area contributed by atoms with Crippen LogP contribution in [-0.2, 0) is 6.42 Å². The van der Waals surface area contributed by atoms with Crippen molar-refractivity contribution in [3.05, 3.63) is 36.5 Å². The molecule has 0 spiro atoms. The van der Waals surface area contributed by atoms with Crippen LogP contribution in [-0.4, -0.2) is 83.7 Å². The van der Waals surface area contributed by atoms with E-state index in [1.54, 1.807) is 12.4 Å². The fourth-order valence-electron chi connectivity index (χ4n) is 3.46. The molecule has 0 saturated carbocycles. The van der Waals surface area contributed by atoms with E-state index in [4.69, 9.17) is 4.98 Å². The molecule has 8 heteroatoms. The maximum Gasteiger partial charge on any atom is 0.227 e. The number of anilines is 2. The minimum absolute atomic E-state index is 0.856. The van der Waals surface area contributed by atoms with Gasteiger partial charge in [0.25, 0.3) is 0 Å². The van der Waals surface area contributed by atoms with Gasteiger partial charge in [0.15, 0.2) is 0 Å². The lowest BCUT2D eigenvalue weighted by molar-refractivity contribution is 0.259. The number of aromatic nitrogens is 4. The Kier molecular flexibility index (Phi) is 5.51. The van der Waals surface area contributed by atoms with Crippen LogP contribution in [0.4, 0.5) is 11.8 Å². The number of hydrogen-bond acceptors (Lipinski definition) is 8. The topological polar surface area (TPSA) is 73.3 Å². The Labute approximate surface area is 154 Å². The highest BCUT2D eigenvalue weighted by Gasteiger charge is 2.20. The zero-order valence-corrected chi connectivity index (χ0v) is 15.1. The average Bonchev–Trinajstić information content (AvgIpc) is 2.74. The molecule has 2 aromatic heterocycles. The summed E-state index contributed by atoms with van der Waals surface area (Å²) in [5, 5.41) is 3.38. The van der Waals surface area contributed by atoms with Crippen LogP contribution in [0.25, 0.3) is 0 Å². The van der Waals surface area contributed by atoms with E-state index in [1.165, 1.54) is 0 Å². The maximum absolute atomic E-state index is 4.81. The van der Waals surface area contributed by atoms with Crippen LogP contribution >= 0.6 is 0 Å². The largest absolute Gasteiger partial charge is 0.354 e. The van der Waals surface area contributed by atoms with Gasteiger partial charge in [0.1, 0.15) is 5.82 Å². The third-order valence-electron chi connectivity index (χ3n) is 5.03. The van der Waals surface area contributed by atoms with Crippen LogP contribution in [0, 0.1) is 0 Å². The molecule has 0 bridgehead atoms. The lowest BCUT2D eigenvalue weighted by Gasteiger charge is -2.35. The number of nitrogens with zero attached hydrogens (tertiary/aromatic N) is 7. The lowest BCUT2D eigenvalue weighted by atomic mass is 10.2. The second-order valence-electron chi connectivity index (χ2n) is 6.73. The minimum Gasteiger partial charge on any atom is -0.354 e. The molecule has 0 atom stereocenters. The van der Waals surface area contributed by atoms with Crippen LogP contribution in [0.15, 0.2) is 30.9 Å². The van der Waals surface area contributed by atoms with Crippen molar-refractivity contribution in [1.82, 2.24) is 30.2 Å². The van der Waals surface area contributed by atoms with Gasteiger partial charge in [-0.3, -0.25) is 14.9 Å². The first kappa shape index (κ1) is 17.1. The smallest absolute Gasteiger partial charge is 0.227 e. The highest BCUT2D eigenvalue weighted by Crippen LogP contribution is 2.17. The Balaban J connectivity index is 1.30. The fourth-order valence-corrected chi connectivity index (χ4v) is 3.46. The van der Waals surface area contributed by atoms with Gasteiger partial charge in [-0.25, -0.2) is 4.98 Å². The van der Waals surface area contributed by atoms with Crippen molar-refractivity contribution < 1.29 is 0 Å². The first-order chi connectivity index (χ1) is 12.9. The molecule has 0 amide bonds. The van der Waals surface area contributed by atoms with Gasteiger partial charge in [-0.1, -0.05) is 0 Å². The summed E-state index contributed by atoms with van der Waals surface area (Å²) in [6.07, 6.45) is 8.17. The summed E-state index contributed by atoms with van der Waals surface area (Å²) in [6, 6.07) is 2.02. The normalized spacial score (nSPS) is 18.9. The number of piperazine rings is 2. The number of hydrogen-bond donors (Lipinski definition) is 1. The van der Waals surface area contributed by atoms with Gasteiger partial charge < -0.3 is 15.1 Å². The molecule has 4 heterocycles. The maximum atomic E-state index is 4.81. The van der Waals surface area contributed by atoms with Gasteiger partial charge in [0.05, 0.1) is 5.69 Å². The Morgan fingerprint density at radius 2 is 1.73 bits per heavy atom. The van der Waals surface area contributed by atoms with Crippen molar-refractivity contribution in [1.29, 1.82) is 0 Å². The van der Waals surface area contributed by atoms with Gasteiger partial charge in [0, 0.05) is 90.1 Å². The summed E-state index contributed by atoms with van der Waals surface area (Å²) in [5.74, 6) is 1.90. The van der Waals surface area contributed by atoms with Crippen LogP contribution in [0.2, 0.25) is 0 Å². The lowest BCUT2D eigenvalue weighted by Crippen LogP contribution is -2.48. The Morgan fingerprint density at radius 1 is 0.885 bits per heavy atom. The molecule has 1 N–H and O–H groups in total. The van der Waals surface area contributed by atoms with E-state index in [9.17, 15) is 0 Å². The summed E-state index contributed by atoms with van der Waals surface area (Å²) in [6.45, 7) is 9.06. The summed E-state index contributed by atoms with van der Waals surface area (Å²) < 4.78 is 0. The standard InChI is InChI=1S/C18H26N8/c1-3-22-18(23-17(1)25-9-6-19-7-10-25)26-13-11-24(12-14-26)8-2-16-15-20-4-5-21-16/h1,3-5,15,19H,2,6-14H2. The van der Waals surface area contributed by atoms with E-state index in [1.807, 2.05) is 18.5 Å². The quantitative estimate of drug-likeness (QED) is 0.807.